The van der Waals surface area contributed by atoms with Gasteiger partial charge in [-0.25, -0.2) is 0 Å². The molecule has 3 saturated carbocycles. The van der Waals surface area contributed by atoms with Gasteiger partial charge in [0, 0.05) is 5.92 Å². The summed E-state index contributed by atoms with van der Waals surface area (Å²) in [6.07, 6.45) is 19.6. The summed E-state index contributed by atoms with van der Waals surface area (Å²) >= 11 is 0. The van der Waals surface area contributed by atoms with E-state index in [4.69, 9.17) is 0 Å². The van der Waals surface area contributed by atoms with Gasteiger partial charge in [-0.1, -0.05) is 89.5 Å². The van der Waals surface area contributed by atoms with Crippen molar-refractivity contribution in [1.29, 1.82) is 0 Å². The molecule has 0 amide bonds. The van der Waals surface area contributed by atoms with Gasteiger partial charge in [0.15, 0.2) is 0 Å². The molecule has 3 aliphatic rings. The zero-order valence-corrected chi connectivity index (χ0v) is 21.4. The number of hydrogen-bond donors (Lipinski definition) is 1. The summed E-state index contributed by atoms with van der Waals surface area (Å²) in [7, 11) is 0. The van der Waals surface area contributed by atoms with Gasteiger partial charge in [0.2, 0.25) is 0 Å². The van der Waals surface area contributed by atoms with E-state index < -0.39 is 11.4 Å². The monoisotopic (exact) mass is 452 g/mol. The fourth-order valence-corrected chi connectivity index (χ4v) is 8.15. The first-order valence-electron chi connectivity index (χ1n) is 14.4. The molecule has 3 fully saturated rings. The van der Waals surface area contributed by atoms with Crippen molar-refractivity contribution in [2.45, 2.75) is 128 Å². The zero-order chi connectivity index (χ0) is 23.3. The third-order valence-corrected chi connectivity index (χ3v) is 9.98. The van der Waals surface area contributed by atoms with Gasteiger partial charge in [-0.15, -0.1) is 0 Å². The zero-order valence-electron chi connectivity index (χ0n) is 21.4. The number of carboxylic acids is 1. The van der Waals surface area contributed by atoms with Crippen LogP contribution < -0.4 is 0 Å². The van der Waals surface area contributed by atoms with Crippen LogP contribution in [0.5, 0.6) is 0 Å². The Balaban J connectivity index is 1.49. The SMILES string of the molecule is CCCC1CCC(c2ccc([C@@H]3CCCC[C@]3(C(=O)O)C3CCC(CCC)CC3)cc2)CC1. The molecule has 0 aliphatic heterocycles. The van der Waals surface area contributed by atoms with Crippen molar-refractivity contribution in [1.82, 2.24) is 0 Å². The van der Waals surface area contributed by atoms with Crippen LogP contribution in [0.4, 0.5) is 0 Å². The molecule has 1 aromatic rings. The van der Waals surface area contributed by atoms with E-state index in [0.29, 0.717) is 11.8 Å². The first-order valence-corrected chi connectivity index (χ1v) is 14.4. The number of rotatable bonds is 8. The molecule has 0 heterocycles. The molecular formula is C31H48O2. The molecule has 2 atom stereocenters. The Labute approximate surface area is 202 Å². The highest BCUT2D eigenvalue weighted by Gasteiger charge is 2.53. The molecule has 0 radical (unpaired) electrons. The maximum Gasteiger partial charge on any atom is 0.310 e. The van der Waals surface area contributed by atoms with Gasteiger partial charge in [0.05, 0.1) is 5.41 Å². The summed E-state index contributed by atoms with van der Waals surface area (Å²) < 4.78 is 0. The van der Waals surface area contributed by atoms with Gasteiger partial charge in [-0.2, -0.15) is 0 Å². The van der Waals surface area contributed by atoms with Gasteiger partial charge in [-0.3, -0.25) is 4.79 Å². The van der Waals surface area contributed by atoms with Gasteiger partial charge in [-0.05, 0) is 86.2 Å². The van der Waals surface area contributed by atoms with Crippen LogP contribution in [0.25, 0.3) is 0 Å². The Hall–Kier alpha value is -1.31. The van der Waals surface area contributed by atoms with Crippen molar-refractivity contribution in [3.63, 3.8) is 0 Å². The summed E-state index contributed by atoms with van der Waals surface area (Å²) in [6.45, 7) is 4.59. The van der Waals surface area contributed by atoms with E-state index >= 15 is 0 Å². The van der Waals surface area contributed by atoms with Crippen LogP contribution in [0.3, 0.4) is 0 Å². The normalized spacial score (nSPS) is 35.3. The highest BCUT2D eigenvalue weighted by molar-refractivity contribution is 5.77. The fourth-order valence-electron chi connectivity index (χ4n) is 8.15. The fraction of sp³-hybridized carbons (Fsp3) is 0.774. The van der Waals surface area contributed by atoms with Gasteiger partial charge in [0.1, 0.15) is 0 Å². The third-order valence-electron chi connectivity index (χ3n) is 9.98. The summed E-state index contributed by atoms with van der Waals surface area (Å²) in [5.74, 6) is 2.50. The quantitative estimate of drug-likeness (QED) is 0.427. The number of carbonyl (C=O) groups is 1. The standard InChI is InChI=1S/C31H48O2/c1-3-7-23-10-14-25(15-11-23)26-16-18-27(19-17-26)29-9-5-6-22-31(29,30(32)33)28-20-12-24(8-4-2)13-21-28/h16-19,23-25,28-29H,3-15,20-22H2,1-2H3,(H,32,33)/t23?,24?,25?,28?,29-,31-/m0/s1. The molecule has 2 heteroatoms. The molecule has 0 spiro atoms. The lowest BCUT2D eigenvalue weighted by atomic mass is 9.54. The molecule has 0 bridgehead atoms. The molecular weight excluding hydrogens is 404 g/mol. The van der Waals surface area contributed by atoms with Gasteiger partial charge >= 0.3 is 5.97 Å². The Morgan fingerprint density at radius 2 is 1.33 bits per heavy atom. The minimum atomic E-state index is -0.546. The number of hydrogen-bond acceptors (Lipinski definition) is 1. The molecule has 184 valence electrons. The van der Waals surface area contributed by atoms with Crippen LogP contribution >= 0.6 is 0 Å². The predicted octanol–water partition coefficient (Wildman–Crippen LogP) is 9.10. The van der Waals surface area contributed by atoms with Gasteiger partial charge < -0.3 is 5.11 Å². The molecule has 3 aliphatic carbocycles. The highest BCUT2D eigenvalue weighted by Crippen LogP contribution is 2.56. The number of carboxylic acid groups (broad SMARTS) is 1. The van der Waals surface area contributed by atoms with Crippen LogP contribution in [0, 0.1) is 23.2 Å². The van der Waals surface area contributed by atoms with Crippen LogP contribution in [-0.2, 0) is 4.79 Å². The average Bonchev–Trinajstić information content (AvgIpc) is 2.85. The molecule has 0 aromatic heterocycles. The van der Waals surface area contributed by atoms with Crippen molar-refractivity contribution in [3.05, 3.63) is 35.4 Å². The lowest BCUT2D eigenvalue weighted by Gasteiger charge is -2.48. The van der Waals surface area contributed by atoms with E-state index in [9.17, 15) is 9.90 Å². The predicted molar refractivity (Wildman–Crippen MR) is 138 cm³/mol. The average molecular weight is 453 g/mol. The topological polar surface area (TPSA) is 37.3 Å². The largest absolute Gasteiger partial charge is 0.481 e. The van der Waals surface area contributed by atoms with E-state index in [1.807, 2.05) is 0 Å². The Morgan fingerprint density at radius 1 is 0.788 bits per heavy atom. The highest BCUT2D eigenvalue weighted by atomic mass is 16.4. The molecule has 0 unspecified atom stereocenters. The van der Waals surface area contributed by atoms with Gasteiger partial charge in [0.25, 0.3) is 0 Å². The summed E-state index contributed by atoms with van der Waals surface area (Å²) in [5, 5.41) is 10.7. The summed E-state index contributed by atoms with van der Waals surface area (Å²) in [5.41, 5.74) is 2.25. The van der Waals surface area contributed by atoms with Crippen molar-refractivity contribution in [2.24, 2.45) is 23.2 Å². The van der Waals surface area contributed by atoms with E-state index in [-0.39, 0.29) is 5.92 Å². The Bertz CT molecular complexity index is 737. The Kier molecular flexibility index (Phi) is 8.58. The van der Waals surface area contributed by atoms with Crippen LogP contribution in [0.1, 0.15) is 140 Å². The number of aliphatic carboxylic acids is 1. The minimum Gasteiger partial charge on any atom is -0.481 e. The molecule has 2 nitrogen and oxygen atoms in total. The molecule has 4 rings (SSSR count). The van der Waals surface area contributed by atoms with E-state index in [1.165, 1.54) is 81.8 Å². The van der Waals surface area contributed by atoms with E-state index in [0.717, 1.165) is 43.9 Å². The Morgan fingerprint density at radius 3 is 1.88 bits per heavy atom. The second kappa shape index (κ2) is 11.4. The summed E-state index contributed by atoms with van der Waals surface area (Å²) in [6, 6.07) is 9.37. The van der Waals surface area contributed by atoms with E-state index in [2.05, 4.69) is 38.1 Å². The third kappa shape index (κ3) is 5.35. The maximum absolute atomic E-state index is 13.0. The van der Waals surface area contributed by atoms with Crippen LogP contribution in [0.2, 0.25) is 0 Å². The molecule has 33 heavy (non-hydrogen) atoms. The number of benzene rings is 1. The second-order valence-electron chi connectivity index (χ2n) is 11.8. The van der Waals surface area contributed by atoms with E-state index in [1.54, 1.807) is 0 Å². The maximum atomic E-state index is 13.0. The molecule has 1 aromatic carbocycles. The first kappa shape index (κ1) is 24.8. The van der Waals surface area contributed by atoms with Crippen molar-refractivity contribution >= 4 is 5.97 Å². The summed E-state index contributed by atoms with van der Waals surface area (Å²) in [4.78, 5) is 13.0. The first-order chi connectivity index (χ1) is 16.1. The smallest absolute Gasteiger partial charge is 0.310 e. The lowest BCUT2D eigenvalue weighted by Crippen LogP contribution is -2.47. The molecule has 1 N–H and O–H groups in total. The van der Waals surface area contributed by atoms with Crippen molar-refractivity contribution in [2.75, 3.05) is 0 Å². The lowest BCUT2D eigenvalue weighted by molar-refractivity contribution is -0.159. The molecule has 0 saturated heterocycles. The van der Waals surface area contributed by atoms with Crippen LogP contribution in [0.15, 0.2) is 24.3 Å². The van der Waals surface area contributed by atoms with Crippen molar-refractivity contribution < 1.29 is 9.90 Å². The minimum absolute atomic E-state index is 0.186. The van der Waals surface area contributed by atoms with Crippen LogP contribution in [-0.4, -0.2) is 11.1 Å². The second-order valence-corrected chi connectivity index (χ2v) is 11.8. The van der Waals surface area contributed by atoms with Crippen molar-refractivity contribution in [3.8, 4) is 0 Å².